The van der Waals surface area contributed by atoms with Gasteiger partial charge in [0.15, 0.2) is 0 Å². The van der Waals surface area contributed by atoms with E-state index in [9.17, 15) is 9.90 Å². The second-order valence-electron chi connectivity index (χ2n) is 2.64. The van der Waals surface area contributed by atoms with E-state index >= 15 is 0 Å². The number of alkyl halides is 1. The number of hydrogen-bond donors (Lipinski definition) is 2. The van der Waals surface area contributed by atoms with Crippen molar-refractivity contribution in [2.24, 2.45) is 0 Å². The van der Waals surface area contributed by atoms with Gasteiger partial charge in [-0.3, -0.25) is 0 Å². The first kappa shape index (κ1) is 10.6. The van der Waals surface area contributed by atoms with Gasteiger partial charge in [-0.15, -0.1) is 11.6 Å². The fraction of sp³-hybridized carbons (Fsp3) is 0.100. The van der Waals surface area contributed by atoms with E-state index in [1.165, 1.54) is 12.1 Å². The second kappa shape index (κ2) is 4.67. The minimum absolute atomic E-state index is 0.110. The zero-order valence-corrected chi connectivity index (χ0v) is 8.03. The van der Waals surface area contributed by atoms with E-state index in [1.54, 1.807) is 18.2 Å². The number of hydrogen-bond acceptors (Lipinski definition) is 2. The monoisotopic (exact) mass is 212 g/mol. The first-order valence-corrected chi connectivity index (χ1v) is 4.47. The van der Waals surface area contributed by atoms with Crippen molar-refractivity contribution in [1.29, 1.82) is 0 Å². The van der Waals surface area contributed by atoms with Crippen LogP contribution in [0.3, 0.4) is 0 Å². The van der Waals surface area contributed by atoms with Crippen molar-refractivity contribution in [3.63, 3.8) is 0 Å². The van der Waals surface area contributed by atoms with Crippen LogP contribution in [-0.4, -0.2) is 22.1 Å². The van der Waals surface area contributed by atoms with Gasteiger partial charge in [-0.05, 0) is 17.7 Å². The van der Waals surface area contributed by atoms with Crippen molar-refractivity contribution in [3.05, 3.63) is 35.4 Å². The highest BCUT2D eigenvalue weighted by Crippen LogP contribution is 2.19. The maximum atomic E-state index is 10.6. The summed E-state index contributed by atoms with van der Waals surface area (Å²) in [5.74, 6) is -1.02. The van der Waals surface area contributed by atoms with Gasteiger partial charge in [-0.2, -0.15) is 0 Å². The molecule has 0 atom stereocenters. The van der Waals surface area contributed by atoms with Gasteiger partial charge in [-0.25, -0.2) is 4.79 Å². The van der Waals surface area contributed by atoms with Gasteiger partial charge in [0.1, 0.15) is 11.3 Å². The first-order chi connectivity index (χ1) is 6.65. The Kier molecular flexibility index (Phi) is 3.54. The SMILES string of the molecule is O=C(O)c1cc(C=CCCl)ccc1O. The number of benzene rings is 1. The molecule has 1 aromatic carbocycles. The summed E-state index contributed by atoms with van der Waals surface area (Å²) in [4.78, 5) is 10.6. The van der Waals surface area contributed by atoms with E-state index in [0.29, 0.717) is 11.4 Å². The zero-order valence-electron chi connectivity index (χ0n) is 7.27. The Bertz CT molecular complexity index is 372. The molecule has 0 aromatic heterocycles. The molecule has 0 saturated heterocycles. The molecule has 0 amide bonds. The molecular weight excluding hydrogens is 204 g/mol. The number of phenols is 1. The number of allylic oxidation sites excluding steroid dienone is 1. The summed E-state index contributed by atoms with van der Waals surface area (Å²) >= 11 is 5.43. The van der Waals surface area contributed by atoms with Gasteiger partial charge in [0.05, 0.1) is 0 Å². The second-order valence-corrected chi connectivity index (χ2v) is 2.95. The maximum Gasteiger partial charge on any atom is 0.339 e. The van der Waals surface area contributed by atoms with Gasteiger partial charge in [-0.1, -0.05) is 18.2 Å². The van der Waals surface area contributed by atoms with Crippen molar-refractivity contribution < 1.29 is 15.0 Å². The molecule has 0 unspecified atom stereocenters. The number of carboxylic acid groups (broad SMARTS) is 1. The molecule has 1 aromatic rings. The summed E-state index contributed by atoms with van der Waals surface area (Å²) in [5, 5.41) is 17.9. The minimum Gasteiger partial charge on any atom is -0.507 e. The molecule has 0 saturated carbocycles. The van der Waals surface area contributed by atoms with Crippen LogP contribution in [0.1, 0.15) is 15.9 Å². The van der Waals surface area contributed by atoms with Gasteiger partial charge in [0.25, 0.3) is 0 Å². The number of rotatable bonds is 3. The van der Waals surface area contributed by atoms with E-state index in [2.05, 4.69) is 0 Å². The van der Waals surface area contributed by atoms with Gasteiger partial charge in [0.2, 0.25) is 0 Å². The third-order valence-corrected chi connectivity index (χ3v) is 1.83. The van der Waals surface area contributed by atoms with E-state index in [1.807, 2.05) is 0 Å². The first-order valence-electron chi connectivity index (χ1n) is 3.94. The number of carboxylic acids is 1. The molecule has 0 aliphatic rings. The normalized spacial score (nSPS) is 10.6. The summed E-state index contributed by atoms with van der Waals surface area (Å²) in [5.41, 5.74) is 0.586. The maximum absolute atomic E-state index is 10.6. The molecule has 74 valence electrons. The highest BCUT2D eigenvalue weighted by molar-refractivity contribution is 6.19. The molecule has 2 N–H and O–H groups in total. The van der Waals surface area contributed by atoms with Crippen molar-refractivity contribution in [2.45, 2.75) is 0 Å². The molecule has 3 nitrogen and oxygen atoms in total. The topological polar surface area (TPSA) is 57.5 Å². The molecular formula is C10H9ClO3. The highest BCUT2D eigenvalue weighted by atomic mass is 35.5. The third-order valence-electron chi connectivity index (χ3n) is 1.65. The average molecular weight is 213 g/mol. The molecule has 14 heavy (non-hydrogen) atoms. The molecule has 1 rings (SSSR count). The van der Waals surface area contributed by atoms with Crippen LogP contribution in [0.15, 0.2) is 24.3 Å². The quantitative estimate of drug-likeness (QED) is 0.757. The number of carbonyl (C=O) groups is 1. The van der Waals surface area contributed by atoms with Crippen LogP contribution in [0.2, 0.25) is 0 Å². The Morgan fingerprint density at radius 2 is 2.21 bits per heavy atom. The van der Waals surface area contributed by atoms with E-state index in [4.69, 9.17) is 16.7 Å². The minimum atomic E-state index is -1.15. The summed E-state index contributed by atoms with van der Waals surface area (Å²) in [6.07, 6.45) is 3.39. The lowest BCUT2D eigenvalue weighted by atomic mass is 10.1. The van der Waals surface area contributed by atoms with Crippen molar-refractivity contribution in [1.82, 2.24) is 0 Å². The van der Waals surface area contributed by atoms with E-state index < -0.39 is 5.97 Å². The van der Waals surface area contributed by atoms with Crippen LogP contribution >= 0.6 is 11.6 Å². The average Bonchev–Trinajstić information content (AvgIpc) is 2.16. The zero-order chi connectivity index (χ0) is 10.6. The standard InChI is InChI=1S/C10H9ClO3/c11-5-1-2-7-3-4-9(12)8(6-7)10(13)14/h1-4,6,12H,5H2,(H,13,14). The van der Waals surface area contributed by atoms with Crippen LogP contribution < -0.4 is 0 Å². The summed E-state index contributed by atoms with van der Waals surface area (Å²) in [7, 11) is 0. The van der Waals surface area contributed by atoms with Crippen molar-refractivity contribution >= 4 is 23.6 Å². The lowest BCUT2D eigenvalue weighted by molar-refractivity contribution is 0.0693. The van der Waals surface area contributed by atoms with Crippen LogP contribution in [0.4, 0.5) is 0 Å². The lowest BCUT2D eigenvalue weighted by Crippen LogP contribution is -1.96. The molecule has 0 radical (unpaired) electrons. The number of aromatic hydroxyl groups is 1. The third kappa shape index (κ3) is 2.50. The Balaban J connectivity index is 3.06. The van der Waals surface area contributed by atoms with Gasteiger partial charge < -0.3 is 10.2 Å². The number of aromatic carboxylic acids is 1. The summed E-state index contributed by atoms with van der Waals surface area (Å²) in [6, 6.07) is 4.35. The van der Waals surface area contributed by atoms with Crippen molar-refractivity contribution in [2.75, 3.05) is 5.88 Å². The molecule has 0 spiro atoms. The highest BCUT2D eigenvalue weighted by Gasteiger charge is 2.08. The fourth-order valence-electron chi connectivity index (χ4n) is 1.01. The molecule has 4 heteroatoms. The molecule has 0 bridgehead atoms. The lowest BCUT2D eigenvalue weighted by Gasteiger charge is -2.00. The fourth-order valence-corrected chi connectivity index (χ4v) is 1.10. The molecule has 0 aliphatic heterocycles. The van der Waals surface area contributed by atoms with E-state index in [0.717, 1.165) is 0 Å². The molecule has 0 fully saturated rings. The van der Waals surface area contributed by atoms with Crippen LogP contribution in [0.25, 0.3) is 6.08 Å². The van der Waals surface area contributed by atoms with Gasteiger partial charge in [0, 0.05) is 5.88 Å². The molecule has 0 aliphatic carbocycles. The Morgan fingerprint density at radius 1 is 1.50 bits per heavy atom. The smallest absolute Gasteiger partial charge is 0.339 e. The van der Waals surface area contributed by atoms with Gasteiger partial charge >= 0.3 is 5.97 Å². The Hall–Kier alpha value is -1.48. The Labute approximate surface area is 86.3 Å². The van der Waals surface area contributed by atoms with E-state index in [-0.39, 0.29) is 11.3 Å². The Morgan fingerprint density at radius 3 is 2.79 bits per heavy atom. The predicted octanol–water partition coefficient (Wildman–Crippen LogP) is 2.34. The molecule has 0 heterocycles. The summed E-state index contributed by atoms with van der Waals surface area (Å²) in [6.45, 7) is 0. The van der Waals surface area contributed by atoms with Crippen LogP contribution in [0, 0.1) is 0 Å². The van der Waals surface area contributed by atoms with Crippen molar-refractivity contribution in [3.8, 4) is 5.75 Å². The number of halogens is 1. The van der Waals surface area contributed by atoms with Crippen LogP contribution in [0.5, 0.6) is 5.75 Å². The summed E-state index contributed by atoms with van der Waals surface area (Å²) < 4.78 is 0. The largest absolute Gasteiger partial charge is 0.507 e. The predicted molar refractivity (Wildman–Crippen MR) is 54.8 cm³/mol. The van der Waals surface area contributed by atoms with Crippen LogP contribution in [-0.2, 0) is 0 Å².